The van der Waals surface area contributed by atoms with Gasteiger partial charge in [0, 0.05) is 16.7 Å². The summed E-state index contributed by atoms with van der Waals surface area (Å²) in [6.45, 7) is 3.16. The van der Waals surface area contributed by atoms with Gasteiger partial charge in [-0.3, -0.25) is 0 Å². The lowest BCUT2D eigenvalue weighted by molar-refractivity contribution is 0.115. The number of rotatable bonds is 3. The summed E-state index contributed by atoms with van der Waals surface area (Å²) in [6.07, 6.45) is 4.15. The standard InChI is InChI=1S/C15H21NOS/c1-2-6-16-13-4-3-10-8-11-5-7-18-14(11)9-12(10)15(13)17/h8-9,13,15-17H,2-7H2,1H3/t13-,15-/m1/s1. The summed E-state index contributed by atoms with van der Waals surface area (Å²) >= 11 is 1.93. The smallest absolute Gasteiger partial charge is 0.0946 e. The Labute approximate surface area is 113 Å². The molecule has 3 rings (SSSR count). The van der Waals surface area contributed by atoms with Crippen molar-refractivity contribution < 1.29 is 5.11 Å². The van der Waals surface area contributed by atoms with Crippen molar-refractivity contribution in [1.82, 2.24) is 5.32 Å². The van der Waals surface area contributed by atoms with Crippen molar-refractivity contribution >= 4 is 11.8 Å². The molecule has 2 atom stereocenters. The third kappa shape index (κ3) is 2.20. The Bertz CT molecular complexity index is 446. The Balaban J connectivity index is 1.86. The number of thioether (sulfide) groups is 1. The van der Waals surface area contributed by atoms with Gasteiger partial charge in [-0.25, -0.2) is 0 Å². The second kappa shape index (κ2) is 5.24. The fourth-order valence-corrected chi connectivity index (χ4v) is 4.11. The van der Waals surface area contributed by atoms with E-state index in [4.69, 9.17) is 0 Å². The Hall–Kier alpha value is -0.510. The molecule has 98 valence electrons. The van der Waals surface area contributed by atoms with Crippen LogP contribution in [0.2, 0.25) is 0 Å². The highest BCUT2D eigenvalue weighted by molar-refractivity contribution is 7.99. The van der Waals surface area contributed by atoms with Crippen LogP contribution in [0, 0.1) is 0 Å². The molecule has 0 bridgehead atoms. The van der Waals surface area contributed by atoms with Crippen molar-refractivity contribution in [3.63, 3.8) is 0 Å². The second-order valence-corrected chi connectivity index (χ2v) is 6.44. The first-order valence-electron chi connectivity index (χ1n) is 6.99. The lowest BCUT2D eigenvalue weighted by Crippen LogP contribution is -2.38. The number of hydrogen-bond donors (Lipinski definition) is 2. The highest BCUT2D eigenvalue weighted by Crippen LogP contribution is 2.38. The number of aryl methyl sites for hydroxylation is 2. The molecule has 1 heterocycles. The maximum absolute atomic E-state index is 10.5. The van der Waals surface area contributed by atoms with Crippen molar-refractivity contribution in [3.05, 3.63) is 28.8 Å². The van der Waals surface area contributed by atoms with Crippen LogP contribution in [0.1, 0.15) is 42.6 Å². The minimum absolute atomic E-state index is 0.238. The molecule has 0 unspecified atom stereocenters. The van der Waals surface area contributed by atoms with Crippen LogP contribution in [0.25, 0.3) is 0 Å². The van der Waals surface area contributed by atoms with Gasteiger partial charge in [0.1, 0.15) is 0 Å². The zero-order valence-corrected chi connectivity index (χ0v) is 11.7. The second-order valence-electron chi connectivity index (χ2n) is 5.30. The van der Waals surface area contributed by atoms with E-state index in [0.29, 0.717) is 0 Å². The molecular weight excluding hydrogens is 242 g/mol. The van der Waals surface area contributed by atoms with Crippen molar-refractivity contribution in [2.24, 2.45) is 0 Å². The third-order valence-corrected chi connectivity index (χ3v) is 5.13. The first-order chi connectivity index (χ1) is 8.79. The number of benzene rings is 1. The molecular formula is C15H21NOS. The molecule has 18 heavy (non-hydrogen) atoms. The quantitative estimate of drug-likeness (QED) is 0.879. The average molecular weight is 263 g/mol. The molecule has 0 saturated heterocycles. The van der Waals surface area contributed by atoms with Crippen LogP contribution in [-0.4, -0.2) is 23.4 Å². The van der Waals surface area contributed by atoms with Gasteiger partial charge in [0.2, 0.25) is 0 Å². The van der Waals surface area contributed by atoms with E-state index in [2.05, 4.69) is 24.4 Å². The predicted octanol–water partition coefficient (Wildman–Crippen LogP) is 2.68. The topological polar surface area (TPSA) is 32.3 Å². The van der Waals surface area contributed by atoms with Crippen LogP contribution in [0.15, 0.2) is 17.0 Å². The van der Waals surface area contributed by atoms with Crippen molar-refractivity contribution in [3.8, 4) is 0 Å². The molecule has 2 aliphatic rings. The molecule has 3 heteroatoms. The summed E-state index contributed by atoms with van der Waals surface area (Å²) in [4.78, 5) is 1.39. The van der Waals surface area contributed by atoms with Crippen molar-refractivity contribution in [2.75, 3.05) is 12.3 Å². The Morgan fingerprint density at radius 2 is 2.22 bits per heavy atom. The van der Waals surface area contributed by atoms with Crippen LogP contribution in [0.3, 0.4) is 0 Å². The van der Waals surface area contributed by atoms with Crippen molar-refractivity contribution in [1.29, 1.82) is 0 Å². The van der Waals surface area contributed by atoms with Gasteiger partial charge in [0.05, 0.1) is 6.10 Å². The zero-order chi connectivity index (χ0) is 12.5. The summed E-state index contributed by atoms with van der Waals surface area (Å²) in [6, 6.07) is 4.82. The Kier molecular flexibility index (Phi) is 3.64. The van der Waals surface area contributed by atoms with Gasteiger partial charge in [-0.2, -0.15) is 0 Å². The molecule has 0 spiro atoms. The van der Waals surface area contributed by atoms with E-state index < -0.39 is 0 Å². The van der Waals surface area contributed by atoms with Crippen molar-refractivity contribution in [2.45, 2.75) is 49.6 Å². The average Bonchev–Trinajstić information content (AvgIpc) is 2.83. The molecule has 1 aliphatic carbocycles. The predicted molar refractivity (Wildman–Crippen MR) is 76.2 cm³/mol. The fraction of sp³-hybridized carbons (Fsp3) is 0.600. The summed E-state index contributed by atoms with van der Waals surface area (Å²) in [5.74, 6) is 1.20. The van der Waals surface area contributed by atoms with Gasteiger partial charge in [0.15, 0.2) is 0 Å². The van der Waals surface area contributed by atoms with Crippen LogP contribution in [0.5, 0.6) is 0 Å². The minimum Gasteiger partial charge on any atom is -0.387 e. The van der Waals surface area contributed by atoms with E-state index in [1.165, 1.54) is 33.8 Å². The van der Waals surface area contributed by atoms with E-state index >= 15 is 0 Å². The highest BCUT2D eigenvalue weighted by atomic mass is 32.2. The van der Waals surface area contributed by atoms with E-state index in [0.717, 1.165) is 25.8 Å². The maximum atomic E-state index is 10.5. The summed E-state index contributed by atoms with van der Waals surface area (Å²) < 4.78 is 0. The SMILES string of the molecule is CCCN[C@@H]1CCc2cc3c(cc2[C@H]1O)SCC3. The molecule has 1 aliphatic heterocycles. The van der Waals surface area contributed by atoms with Crippen LogP contribution >= 0.6 is 11.8 Å². The highest BCUT2D eigenvalue weighted by Gasteiger charge is 2.29. The van der Waals surface area contributed by atoms with Gasteiger partial charge in [-0.1, -0.05) is 13.0 Å². The maximum Gasteiger partial charge on any atom is 0.0946 e. The Morgan fingerprint density at radius 3 is 3.06 bits per heavy atom. The zero-order valence-electron chi connectivity index (χ0n) is 10.9. The van der Waals surface area contributed by atoms with E-state index in [1.807, 2.05) is 11.8 Å². The number of fused-ring (bicyclic) bond motifs is 2. The van der Waals surface area contributed by atoms with Crippen LogP contribution in [-0.2, 0) is 12.8 Å². The van der Waals surface area contributed by atoms with Gasteiger partial charge in [0.25, 0.3) is 0 Å². The Morgan fingerprint density at radius 1 is 1.33 bits per heavy atom. The number of aliphatic hydroxyl groups excluding tert-OH is 1. The van der Waals surface area contributed by atoms with E-state index in [1.54, 1.807) is 0 Å². The van der Waals surface area contributed by atoms with Crippen LogP contribution in [0.4, 0.5) is 0 Å². The minimum atomic E-state index is -0.327. The first kappa shape index (κ1) is 12.5. The normalized spacial score (nSPS) is 25.9. The van der Waals surface area contributed by atoms with Gasteiger partial charge in [-0.05, 0) is 55.0 Å². The van der Waals surface area contributed by atoms with E-state index in [-0.39, 0.29) is 12.1 Å². The molecule has 1 aromatic rings. The van der Waals surface area contributed by atoms with Crippen LogP contribution < -0.4 is 5.32 Å². The van der Waals surface area contributed by atoms with E-state index in [9.17, 15) is 5.11 Å². The molecule has 0 saturated carbocycles. The first-order valence-corrected chi connectivity index (χ1v) is 7.98. The third-order valence-electron chi connectivity index (χ3n) is 4.03. The van der Waals surface area contributed by atoms with Gasteiger partial charge in [-0.15, -0.1) is 11.8 Å². The molecule has 0 radical (unpaired) electrons. The molecule has 1 aromatic carbocycles. The molecule has 2 N–H and O–H groups in total. The fourth-order valence-electron chi connectivity index (χ4n) is 3.01. The lowest BCUT2D eigenvalue weighted by atomic mass is 9.84. The number of nitrogens with one attached hydrogen (secondary N) is 1. The molecule has 0 amide bonds. The number of aliphatic hydroxyl groups is 1. The summed E-state index contributed by atoms with van der Waals surface area (Å²) in [5.41, 5.74) is 4.03. The molecule has 0 fully saturated rings. The summed E-state index contributed by atoms with van der Waals surface area (Å²) in [5, 5.41) is 14.0. The summed E-state index contributed by atoms with van der Waals surface area (Å²) in [7, 11) is 0. The largest absolute Gasteiger partial charge is 0.387 e. The molecule has 2 nitrogen and oxygen atoms in total. The van der Waals surface area contributed by atoms with Gasteiger partial charge < -0.3 is 10.4 Å². The number of hydrogen-bond acceptors (Lipinski definition) is 3. The molecule has 0 aromatic heterocycles. The van der Waals surface area contributed by atoms with Gasteiger partial charge >= 0.3 is 0 Å². The monoisotopic (exact) mass is 263 g/mol. The lowest BCUT2D eigenvalue weighted by Gasteiger charge is -2.31.